The molecule has 0 fully saturated rings. The standard InChI is InChI=1S/C11H23NO3/c1-8(2)9(6-7-13)12-10(14)15-11(3,4)5/h8-9,13H,6-7H2,1-5H3,(H,12,14)/t9-/m0/s1. The molecule has 0 aromatic heterocycles. The SMILES string of the molecule is CC(C)[C@H](CCO)NC(=O)OC(C)(C)C. The lowest BCUT2D eigenvalue weighted by atomic mass is 10.0. The second-order valence-electron chi connectivity index (χ2n) is 5.01. The maximum absolute atomic E-state index is 11.4. The van der Waals surface area contributed by atoms with Crippen molar-refractivity contribution in [3.05, 3.63) is 0 Å². The maximum Gasteiger partial charge on any atom is 0.407 e. The summed E-state index contributed by atoms with van der Waals surface area (Å²) in [5, 5.41) is 11.6. The molecule has 0 aromatic carbocycles. The molecular formula is C11H23NO3. The number of carbonyl (C=O) groups is 1. The predicted molar refractivity (Wildman–Crippen MR) is 59.7 cm³/mol. The number of hydrogen-bond donors (Lipinski definition) is 2. The highest BCUT2D eigenvalue weighted by molar-refractivity contribution is 5.68. The van der Waals surface area contributed by atoms with Crippen molar-refractivity contribution in [2.75, 3.05) is 6.61 Å². The van der Waals surface area contributed by atoms with Crippen LogP contribution >= 0.6 is 0 Å². The van der Waals surface area contributed by atoms with E-state index in [2.05, 4.69) is 5.32 Å². The monoisotopic (exact) mass is 217 g/mol. The van der Waals surface area contributed by atoms with Gasteiger partial charge in [0, 0.05) is 12.6 Å². The van der Waals surface area contributed by atoms with Crippen LogP contribution in [0.15, 0.2) is 0 Å². The molecule has 90 valence electrons. The average molecular weight is 217 g/mol. The van der Waals surface area contributed by atoms with Crippen LogP contribution in [-0.2, 0) is 4.74 Å². The van der Waals surface area contributed by atoms with E-state index in [1.165, 1.54) is 0 Å². The number of hydrogen-bond acceptors (Lipinski definition) is 3. The Kier molecular flexibility index (Phi) is 5.65. The van der Waals surface area contributed by atoms with Crippen LogP contribution in [0.3, 0.4) is 0 Å². The molecule has 0 rings (SSSR count). The minimum Gasteiger partial charge on any atom is -0.444 e. The van der Waals surface area contributed by atoms with E-state index in [0.717, 1.165) is 0 Å². The Hall–Kier alpha value is -0.770. The summed E-state index contributed by atoms with van der Waals surface area (Å²) in [5.74, 6) is 0.282. The number of amides is 1. The van der Waals surface area contributed by atoms with Gasteiger partial charge in [-0.1, -0.05) is 13.8 Å². The zero-order valence-corrected chi connectivity index (χ0v) is 10.3. The number of rotatable bonds is 4. The summed E-state index contributed by atoms with van der Waals surface area (Å²) in [5.41, 5.74) is -0.481. The van der Waals surface area contributed by atoms with E-state index >= 15 is 0 Å². The molecule has 0 unspecified atom stereocenters. The summed E-state index contributed by atoms with van der Waals surface area (Å²) in [6.07, 6.45) is 0.131. The molecular weight excluding hydrogens is 194 g/mol. The molecule has 15 heavy (non-hydrogen) atoms. The summed E-state index contributed by atoms with van der Waals surface area (Å²) >= 11 is 0. The summed E-state index contributed by atoms with van der Waals surface area (Å²) < 4.78 is 5.13. The fourth-order valence-corrected chi connectivity index (χ4v) is 1.17. The van der Waals surface area contributed by atoms with Crippen molar-refractivity contribution in [2.24, 2.45) is 5.92 Å². The third-order valence-electron chi connectivity index (χ3n) is 1.95. The van der Waals surface area contributed by atoms with Gasteiger partial charge in [-0.3, -0.25) is 0 Å². The Labute approximate surface area is 92.0 Å². The molecule has 4 heteroatoms. The normalized spacial score (nSPS) is 13.8. The molecule has 0 aliphatic carbocycles. The van der Waals surface area contributed by atoms with Crippen LogP contribution in [-0.4, -0.2) is 29.4 Å². The molecule has 0 saturated heterocycles. The van der Waals surface area contributed by atoms with Crippen LogP contribution < -0.4 is 5.32 Å². The van der Waals surface area contributed by atoms with Crippen LogP contribution in [0.1, 0.15) is 41.0 Å². The van der Waals surface area contributed by atoms with Gasteiger partial charge in [0.2, 0.25) is 0 Å². The fourth-order valence-electron chi connectivity index (χ4n) is 1.17. The van der Waals surface area contributed by atoms with Crippen molar-refractivity contribution in [3.63, 3.8) is 0 Å². The summed E-state index contributed by atoms with van der Waals surface area (Å²) in [6, 6.07) is -0.0372. The van der Waals surface area contributed by atoms with Crippen LogP contribution in [0.5, 0.6) is 0 Å². The van der Waals surface area contributed by atoms with Gasteiger partial charge in [0.15, 0.2) is 0 Å². The minimum atomic E-state index is -0.481. The largest absolute Gasteiger partial charge is 0.444 e. The first-order valence-corrected chi connectivity index (χ1v) is 5.36. The van der Waals surface area contributed by atoms with Crippen molar-refractivity contribution in [2.45, 2.75) is 52.7 Å². The van der Waals surface area contributed by atoms with Crippen molar-refractivity contribution >= 4 is 6.09 Å². The molecule has 0 spiro atoms. The van der Waals surface area contributed by atoms with Gasteiger partial charge in [0.05, 0.1) is 0 Å². The van der Waals surface area contributed by atoms with Gasteiger partial charge in [-0.25, -0.2) is 4.79 Å². The predicted octanol–water partition coefficient (Wildman–Crippen LogP) is 1.92. The van der Waals surface area contributed by atoms with E-state index in [0.29, 0.717) is 6.42 Å². The second kappa shape index (κ2) is 5.95. The van der Waals surface area contributed by atoms with E-state index in [4.69, 9.17) is 9.84 Å². The number of ether oxygens (including phenoxy) is 1. The molecule has 0 saturated carbocycles. The quantitative estimate of drug-likeness (QED) is 0.756. The highest BCUT2D eigenvalue weighted by atomic mass is 16.6. The lowest BCUT2D eigenvalue weighted by molar-refractivity contribution is 0.0481. The van der Waals surface area contributed by atoms with Crippen molar-refractivity contribution in [3.8, 4) is 0 Å². The second-order valence-corrected chi connectivity index (χ2v) is 5.01. The summed E-state index contributed by atoms with van der Waals surface area (Å²) in [7, 11) is 0. The van der Waals surface area contributed by atoms with Gasteiger partial charge in [-0.15, -0.1) is 0 Å². The van der Waals surface area contributed by atoms with E-state index in [1.807, 2.05) is 34.6 Å². The van der Waals surface area contributed by atoms with E-state index < -0.39 is 11.7 Å². The topological polar surface area (TPSA) is 58.6 Å². The van der Waals surface area contributed by atoms with Gasteiger partial charge >= 0.3 is 6.09 Å². The van der Waals surface area contributed by atoms with Gasteiger partial charge in [0.1, 0.15) is 5.60 Å². The van der Waals surface area contributed by atoms with Gasteiger partial charge in [-0.2, -0.15) is 0 Å². The smallest absolute Gasteiger partial charge is 0.407 e. The van der Waals surface area contributed by atoms with Crippen molar-refractivity contribution in [1.29, 1.82) is 0 Å². The third-order valence-corrected chi connectivity index (χ3v) is 1.95. The first-order valence-electron chi connectivity index (χ1n) is 5.36. The molecule has 0 aromatic rings. The van der Waals surface area contributed by atoms with Crippen LogP contribution in [0, 0.1) is 5.92 Å². The number of carbonyl (C=O) groups excluding carboxylic acids is 1. The minimum absolute atomic E-state index is 0.0372. The lowest BCUT2D eigenvalue weighted by Gasteiger charge is -2.25. The van der Waals surface area contributed by atoms with Crippen molar-refractivity contribution in [1.82, 2.24) is 5.32 Å². The average Bonchev–Trinajstić information content (AvgIpc) is 1.99. The maximum atomic E-state index is 11.4. The molecule has 0 aliphatic heterocycles. The van der Waals surface area contributed by atoms with Crippen LogP contribution in [0.4, 0.5) is 4.79 Å². The molecule has 1 atom stereocenters. The molecule has 4 nitrogen and oxygen atoms in total. The van der Waals surface area contributed by atoms with Gasteiger partial charge in [0.25, 0.3) is 0 Å². The first kappa shape index (κ1) is 14.2. The fraction of sp³-hybridized carbons (Fsp3) is 0.909. The zero-order chi connectivity index (χ0) is 12.1. The van der Waals surface area contributed by atoms with E-state index in [9.17, 15) is 4.79 Å². The van der Waals surface area contributed by atoms with Gasteiger partial charge in [-0.05, 0) is 33.1 Å². The van der Waals surface area contributed by atoms with Crippen LogP contribution in [0.25, 0.3) is 0 Å². The Balaban J connectivity index is 4.11. The molecule has 2 N–H and O–H groups in total. The molecule has 0 bridgehead atoms. The summed E-state index contributed by atoms with van der Waals surface area (Å²) in [4.78, 5) is 11.4. The molecule has 0 aliphatic rings. The number of alkyl carbamates (subject to hydrolysis) is 1. The third kappa shape index (κ3) is 7.19. The zero-order valence-electron chi connectivity index (χ0n) is 10.3. The van der Waals surface area contributed by atoms with E-state index in [-0.39, 0.29) is 18.6 Å². The first-order chi connectivity index (χ1) is 6.76. The van der Waals surface area contributed by atoms with Crippen LogP contribution in [0.2, 0.25) is 0 Å². The molecule has 0 radical (unpaired) electrons. The molecule has 1 amide bonds. The number of nitrogens with one attached hydrogen (secondary N) is 1. The molecule has 0 heterocycles. The highest BCUT2D eigenvalue weighted by Gasteiger charge is 2.20. The van der Waals surface area contributed by atoms with Crippen molar-refractivity contribution < 1.29 is 14.6 Å². The lowest BCUT2D eigenvalue weighted by Crippen LogP contribution is -2.42. The number of aliphatic hydroxyl groups is 1. The summed E-state index contributed by atoms with van der Waals surface area (Å²) in [6.45, 7) is 9.53. The Morgan fingerprint density at radius 3 is 2.27 bits per heavy atom. The Morgan fingerprint density at radius 1 is 1.40 bits per heavy atom. The Morgan fingerprint density at radius 2 is 1.93 bits per heavy atom. The number of aliphatic hydroxyl groups excluding tert-OH is 1. The highest BCUT2D eigenvalue weighted by Crippen LogP contribution is 2.10. The van der Waals surface area contributed by atoms with E-state index in [1.54, 1.807) is 0 Å². The van der Waals surface area contributed by atoms with Gasteiger partial charge < -0.3 is 15.2 Å². The Bertz CT molecular complexity index is 196.